The van der Waals surface area contributed by atoms with Crippen LogP contribution in [0.15, 0.2) is 70.9 Å². The molecule has 0 bridgehead atoms. The van der Waals surface area contributed by atoms with Crippen molar-refractivity contribution in [2.45, 2.75) is 30.5 Å². The first-order valence-corrected chi connectivity index (χ1v) is 9.18. The first kappa shape index (κ1) is 23.4. The van der Waals surface area contributed by atoms with Crippen LogP contribution in [0.2, 0.25) is 0 Å². The lowest BCUT2D eigenvalue weighted by molar-refractivity contribution is -0.130. The van der Waals surface area contributed by atoms with Crippen LogP contribution in [0.25, 0.3) is 0 Å². The van der Waals surface area contributed by atoms with E-state index >= 15 is 0 Å². The van der Waals surface area contributed by atoms with E-state index < -0.39 is 37.1 Å². The van der Waals surface area contributed by atoms with E-state index in [9.17, 15) is 25.5 Å². The predicted octanol–water partition coefficient (Wildman–Crippen LogP) is -0.651. The van der Waals surface area contributed by atoms with E-state index in [0.717, 1.165) is 6.21 Å². The lowest BCUT2D eigenvalue weighted by Crippen LogP contribution is -2.52. The van der Waals surface area contributed by atoms with Crippen molar-refractivity contribution in [1.82, 2.24) is 0 Å². The van der Waals surface area contributed by atoms with Gasteiger partial charge >= 0.3 is 0 Å². The minimum atomic E-state index is -1.96. The topological polar surface area (TPSA) is 170 Å². The average molecular weight is 418 g/mol. The van der Waals surface area contributed by atoms with Gasteiger partial charge in [-0.25, -0.2) is 0 Å². The Kier molecular flexibility index (Phi) is 9.35. The zero-order valence-corrected chi connectivity index (χ0v) is 16.0. The van der Waals surface area contributed by atoms with Crippen LogP contribution < -0.4 is 10.9 Å². The summed E-state index contributed by atoms with van der Waals surface area (Å²) in [6.07, 6.45) is -8.11. The van der Waals surface area contributed by atoms with Crippen LogP contribution in [-0.2, 0) is 0 Å². The normalized spacial score (nSPS) is 17.2. The summed E-state index contributed by atoms with van der Waals surface area (Å²) in [5.74, 6) is 0. The number of hydrazone groups is 2. The second-order valence-corrected chi connectivity index (χ2v) is 6.42. The van der Waals surface area contributed by atoms with Gasteiger partial charge in [0.2, 0.25) is 0 Å². The van der Waals surface area contributed by atoms with Crippen molar-refractivity contribution in [1.29, 1.82) is 0 Å². The minimum Gasteiger partial charge on any atom is -0.394 e. The van der Waals surface area contributed by atoms with Gasteiger partial charge in [-0.15, -0.1) is 0 Å². The summed E-state index contributed by atoms with van der Waals surface area (Å²) in [5.41, 5.74) is 6.52. The molecular weight excluding hydrogens is 392 g/mol. The second-order valence-electron chi connectivity index (χ2n) is 6.42. The van der Waals surface area contributed by atoms with Gasteiger partial charge in [0.1, 0.15) is 36.2 Å². The highest BCUT2D eigenvalue weighted by Crippen LogP contribution is 2.11. The van der Waals surface area contributed by atoms with Gasteiger partial charge in [-0.2, -0.15) is 10.2 Å². The van der Waals surface area contributed by atoms with Gasteiger partial charge in [-0.3, -0.25) is 10.9 Å². The van der Waals surface area contributed by atoms with Crippen LogP contribution in [0.3, 0.4) is 0 Å². The van der Waals surface area contributed by atoms with Gasteiger partial charge in [-0.05, 0) is 24.3 Å². The molecule has 30 heavy (non-hydrogen) atoms. The Morgan fingerprint density at radius 2 is 1.30 bits per heavy atom. The third kappa shape index (κ3) is 6.88. The number of hydrogen-bond acceptors (Lipinski definition) is 10. The number of aliphatic hydroxyl groups is 6. The predicted molar refractivity (Wildman–Crippen MR) is 113 cm³/mol. The van der Waals surface area contributed by atoms with Crippen LogP contribution in [0.4, 0.5) is 11.4 Å². The Morgan fingerprint density at radius 3 is 1.83 bits per heavy atom. The maximum atomic E-state index is 10.5. The van der Waals surface area contributed by atoms with Gasteiger partial charge in [0, 0.05) is 0 Å². The van der Waals surface area contributed by atoms with Crippen molar-refractivity contribution in [3.8, 4) is 0 Å². The molecule has 0 fully saturated rings. The Hall–Kier alpha value is -2.86. The summed E-state index contributed by atoms with van der Waals surface area (Å²) in [7, 11) is 0. The summed E-state index contributed by atoms with van der Waals surface area (Å²) in [4.78, 5) is 0. The highest BCUT2D eigenvalue weighted by Gasteiger charge is 2.35. The van der Waals surface area contributed by atoms with Gasteiger partial charge in [-0.1, -0.05) is 36.4 Å². The number of benzene rings is 2. The zero-order chi connectivity index (χ0) is 21.9. The Morgan fingerprint density at radius 1 is 0.767 bits per heavy atom. The second kappa shape index (κ2) is 12.0. The highest BCUT2D eigenvalue weighted by atomic mass is 16.4. The number of nitrogens with one attached hydrogen (secondary N) is 2. The number of nitrogens with zero attached hydrogens (tertiary/aromatic N) is 2. The van der Waals surface area contributed by atoms with Gasteiger partial charge in [0.25, 0.3) is 0 Å². The quantitative estimate of drug-likeness (QED) is 0.176. The summed E-state index contributed by atoms with van der Waals surface area (Å²) >= 11 is 0. The minimum absolute atomic E-state index is 0.167. The summed E-state index contributed by atoms with van der Waals surface area (Å²) in [6, 6.07) is 17.7. The van der Waals surface area contributed by atoms with Crippen molar-refractivity contribution in [3.63, 3.8) is 0 Å². The number of aliphatic hydroxyl groups excluding tert-OH is 6. The van der Waals surface area contributed by atoms with Crippen molar-refractivity contribution in [2.24, 2.45) is 10.2 Å². The first-order valence-electron chi connectivity index (χ1n) is 9.18. The van der Waals surface area contributed by atoms with Crippen molar-refractivity contribution < 1.29 is 30.6 Å². The summed E-state index contributed by atoms with van der Waals surface area (Å²) in [6.45, 7) is -0.833. The SMILES string of the molecule is OC[C@H](O)[C@H](O)[C@H](O)[C@@H](O)[C@@H](O)C(/C=N\Nc1ccccc1)=N/Nc1ccccc1. The van der Waals surface area contributed by atoms with E-state index in [1.54, 1.807) is 48.5 Å². The van der Waals surface area contributed by atoms with E-state index in [1.807, 2.05) is 12.1 Å². The summed E-state index contributed by atoms with van der Waals surface area (Å²) in [5, 5.41) is 66.9. The van der Waals surface area contributed by atoms with Crippen molar-refractivity contribution in [2.75, 3.05) is 17.5 Å². The molecule has 0 aliphatic rings. The Bertz CT molecular complexity index is 805. The molecule has 0 spiro atoms. The average Bonchev–Trinajstić information content (AvgIpc) is 2.80. The molecule has 0 heterocycles. The lowest BCUT2D eigenvalue weighted by atomic mass is 9.97. The van der Waals surface area contributed by atoms with Crippen LogP contribution in [0.5, 0.6) is 0 Å². The van der Waals surface area contributed by atoms with E-state index in [2.05, 4.69) is 21.1 Å². The van der Waals surface area contributed by atoms with E-state index in [0.29, 0.717) is 11.4 Å². The molecule has 10 nitrogen and oxygen atoms in total. The fourth-order valence-corrected chi connectivity index (χ4v) is 2.40. The molecule has 0 saturated carbocycles. The third-order valence-electron chi connectivity index (χ3n) is 4.16. The van der Waals surface area contributed by atoms with Crippen LogP contribution in [-0.4, -0.2) is 79.7 Å². The molecule has 0 aliphatic heterocycles. The smallest absolute Gasteiger partial charge is 0.128 e. The molecule has 2 aromatic rings. The van der Waals surface area contributed by atoms with Gasteiger partial charge in [0.05, 0.1) is 24.2 Å². The fourth-order valence-electron chi connectivity index (χ4n) is 2.40. The first-order chi connectivity index (χ1) is 14.4. The largest absolute Gasteiger partial charge is 0.394 e. The third-order valence-corrected chi connectivity index (χ3v) is 4.16. The lowest BCUT2D eigenvalue weighted by Gasteiger charge is -2.28. The van der Waals surface area contributed by atoms with Crippen LogP contribution >= 0.6 is 0 Å². The number of para-hydroxylation sites is 2. The summed E-state index contributed by atoms with van der Waals surface area (Å²) < 4.78 is 0. The van der Waals surface area contributed by atoms with E-state index in [4.69, 9.17) is 5.11 Å². The monoisotopic (exact) mass is 418 g/mol. The maximum absolute atomic E-state index is 10.5. The van der Waals surface area contributed by atoms with Crippen LogP contribution in [0, 0.1) is 0 Å². The molecule has 0 aliphatic carbocycles. The molecule has 0 radical (unpaired) electrons. The van der Waals surface area contributed by atoms with Gasteiger partial charge < -0.3 is 30.6 Å². The molecule has 2 rings (SSSR count). The Balaban J connectivity index is 2.18. The molecule has 0 aromatic heterocycles. The van der Waals surface area contributed by atoms with E-state index in [1.165, 1.54) is 0 Å². The molecule has 5 atom stereocenters. The standard InChI is InChI=1S/C20H26N4O6/c25-12-16(26)18(28)20(30)19(29)17(27)15(24-23-14-9-5-2-6-10-14)11-21-22-13-7-3-1-4-8-13/h1-11,16-20,22-23,25-30H,12H2/b21-11-,24-15+/t16-,17-,18-,19-,20-/m0/s1. The molecule has 10 heteroatoms. The number of anilines is 2. The molecule has 8 N–H and O–H groups in total. The van der Waals surface area contributed by atoms with Crippen LogP contribution in [0.1, 0.15) is 0 Å². The molecule has 162 valence electrons. The van der Waals surface area contributed by atoms with Crippen molar-refractivity contribution in [3.05, 3.63) is 60.7 Å². The molecule has 0 amide bonds. The molecule has 0 unspecified atom stereocenters. The highest BCUT2D eigenvalue weighted by molar-refractivity contribution is 6.33. The number of rotatable bonds is 11. The maximum Gasteiger partial charge on any atom is 0.128 e. The van der Waals surface area contributed by atoms with E-state index in [-0.39, 0.29) is 5.71 Å². The molecule has 0 saturated heterocycles. The fraction of sp³-hybridized carbons (Fsp3) is 0.300. The Labute approximate surface area is 173 Å². The van der Waals surface area contributed by atoms with Crippen molar-refractivity contribution >= 4 is 23.3 Å². The molecule has 2 aromatic carbocycles. The number of hydrogen-bond donors (Lipinski definition) is 8. The molecular formula is C20H26N4O6. The zero-order valence-electron chi connectivity index (χ0n) is 16.0. The van der Waals surface area contributed by atoms with Gasteiger partial charge in [0.15, 0.2) is 0 Å².